The van der Waals surface area contributed by atoms with E-state index in [4.69, 9.17) is 0 Å². The summed E-state index contributed by atoms with van der Waals surface area (Å²) in [6.45, 7) is 1.93. The minimum Gasteiger partial charge on any atom is -0.247 e. The topological polar surface area (TPSA) is 38.7 Å². The van der Waals surface area contributed by atoms with Crippen molar-refractivity contribution in [2.75, 3.05) is 0 Å². The zero-order valence-corrected chi connectivity index (χ0v) is 8.61. The van der Waals surface area contributed by atoms with Gasteiger partial charge in [-0.3, -0.25) is 0 Å². The summed E-state index contributed by atoms with van der Waals surface area (Å²) in [7, 11) is 0. The first-order chi connectivity index (χ1) is 5.77. The number of hydrogen-bond acceptors (Lipinski definition) is 3. The maximum atomic E-state index is 4.34. The Balaban J connectivity index is 2.88. The number of rotatable bonds is 0. The highest BCUT2D eigenvalue weighted by atomic mass is 127. The van der Waals surface area contributed by atoms with Crippen LogP contribution >= 0.6 is 22.6 Å². The van der Waals surface area contributed by atoms with Gasteiger partial charge in [-0.15, -0.1) is 0 Å². The minimum atomic E-state index is 0.715. The van der Waals surface area contributed by atoms with Gasteiger partial charge in [0, 0.05) is 9.77 Å². The van der Waals surface area contributed by atoms with Gasteiger partial charge < -0.3 is 0 Å². The Hall–Kier alpha value is -0.780. The van der Waals surface area contributed by atoms with Crippen LogP contribution in [-0.2, 0) is 0 Å². The lowest BCUT2D eigenvalue weighted by Gasteiger charge is -1.97. The molecule has 12 heavy (non-hydrogen) atoms. The van der Waals surface area contributed by atoms with E-state index in [1.807, 2.05) is 13.0 Å². The molecule has 0 N–H and O–H groups in total. The number of pyridine rings is 1. The molecule has 0 aromatic carbocycles. The molecule has 0 aliphatic carbocycles. The number of aromatic nitrogens is 3. The molecule has 0 aliphatic rings. The fraction of sp³-hybridized carbons (Fsp3) is 0.125. The Bertz CT molecular complexity index is 428. The van der Waals surface area contributed by atoms with E-state index < -0.39 is 0 Å². The molecular formula is C8H6IN3. The van der Waals surface area contributed by atoms with Gasteiger partial charge in [0.15, 0.2) is 5.65 Å². The summed E-state index contributed by atoms with van der Waals surface area (Å²) >= 11 is 2.23. The van der Waals surface area contributed by atoms with E-state index in [9.17, 15) is 0 Å². The van der Waals surface area contributed by atoms with Crippen molar-refractivity contribution in [3.05, 3.63) is 27.7 Å². The molecule has 0 bridgehead atoms. The standard InChI is InChI=1S/C8H6IN3/c1-5-4-11-8-7(12-5)6(9)2-3-10-8/h2-4H,1H3. The first-order valence-electron chi connectivity index (χ1n) is 3.51. The summed E-state index contributed by atoms with van der Waals surface area (Å²) in [5, 5.41) is 0. The van der Waals surface area contributed by atoms with Gasteiger partial charge in [-0.2, -0.15) is 0 Å². The van der Waals surface area contributed by atoms with Gasteiger partial charge in [-0.05, 0) is 35.6 Å². The lowest BCUT2D eigenvalue weighted by Crippen LogP contribution is -1.91. The van der Waals surface area contributed by atoms with Gasteiger partial charge in [0.2, 0.25) is 0 Å². The molecule has 0 saturated carbocycles. The second kappa shape index (κ2) is 2.93. The summed E-state index contributed by atoms with van der Waals surface area (Å²) in [4.78, 5) is 12.6. The van der Waals surface area contributed by atoms with Gasteiger partial charge in [0.1, 0.15) is 5.52 Å². The molecule has 0 fully saturated rings. The van der Waals surface area contributed by atoms with Crippen LogP contribution in [0.3, 0.4) is 0 Å². The average molecular weight is 271 g/mol. The van der Waals surface area contributed by atoms with Crippen LogP contribution in [0.1, 0.15) is 5.69 Å². The summed E-state index contributed by atoms with van der Waals surface area (Å²) in [5.41, 5.74) is 2.53. The molecule has 0 unspecified atom stereocenters. The van der Waals surface area contributed by atoms with Crippen LogP contribution in [0.25, 0.3) is 11.2 Å². The third kappa shape index (κ3) is 1.26. The number of fused-ring (bicyclic) bond motifs is 1. The zero-order chi connectivity index (χ0) is 8.55. The Kier molecular flexibility index (Phi) is 1.92. The molecule has 0 spiro atoms. The molecule has 4 heteroatoms. The fourth-order valence-electron chi connectivity index (χ4n) is 0.978. The second-order valence-corrected chi connectivity index (χ2v) is 3.64. The van der Waals surface area contributed by atoms with Crippen LogP contribution in [0, 0.1) is 10.5 Å². The summed E-state index contributed by atoms with van der Waals surface area (Å²) in [6.07, 6.45) is 3.47. The molecule has 3 nitrogen and oxygen atoms in total. The highest BCUT2D eigenvalue weighted by molar-refractivity contribution is 14.1. The van der Waals surface area contributed by atoms with Crippen molar-refractivity contribution in [3.63, 3.8) is 0 Å². The molecule has 2 aromatic heterocycles. The van der Waals surface area contributed by atoms with Gasteiger partial charge in [-0.25, -0.2) is 15.0 Å². The highest BCUT2D eigenvalue weighted by Gasteiger charge is 2.00. The fourth-order valence-corrected chi connectivity index (χ4v) is 1.50. The summed E-state index contributed by atoms with van der Waals surface area (Å²) in [6, 6.07) is 1.93. The predicted molar refractivity (Wildman–Crippen MR) is 54.8 cm³/mol. The number of halogens is 1. The maximum Gasteiger partial charge on any atom is 0.179 e. The minimum absolute atomic E-state index is 0.715. The SMILES string of the molecule is Cc1cnc2nccc(I)c2n1. The molecule has 0 atom stereocenters. The van der Waals surface area contributed by atoms with Crippen LogP contribution < -0.4 is 0 Å². The monoisotopic (exact) mass is 271 g/mol. The third-order valence-corrected chi connectivity index (χ3v) is 2.39. The number of nitrogens with zero attached hydrogens (tertiary/aromatic N) is 3. The maximum absolute atomic E-state index is 4.34. The lowest BCUT2D eigenvalue weighted by atomic mass is 10.4. The van der Waals surface area contributed by atoms with E-state index in [1.54, 1.807) is 12.4 Å². The molecule has 0 aliphatic heterocycles. The van der Waals surface area contributed by atoms with Crippen molar-refractivity contribution in [1.29, 1.82) is 0 Å². The van der Waals surface area contributed by atoms with Crippen molar-refractivity contribution in [3.8, 4) is 0 Å². The average Bonchev–Trinajstić information content (AvgIpc) is 2.07. The van der Waals surface area contributed by atoms with Crippen LogP contribution in [0.4, 0.5) is 0 Å². The third-order valence-electron chi connectivity index (χ3n) is 1.52. The second-order valence-electron chi connectivity index (χ2n) is 2.48. The molecule has 0 radical (unpaired) electrons. The van der Waals surface area contributed by atoms with Crippen LogP contribution in [0.15, 0.2) is 18.5 Å². The summed E-state index contributed by atoms with van der Waals surface area (Å²) in [5.74, 6) is 0. The van der Waals surface area contributed by atoms with E-state index >= 15 is 0 Å². The van der Waals surface area contributed by atoms with Crippen molar-refractivity contribution in [1.82, 2.24) is 15.0 Å². The first-order valence-corrected chi connectivity index (χ1v) is 4.59. The van der Waals surface area contributed by atoms with E-state index in [1.165, 1.54) is 0 Å². The van der Waals surface area contributed by atoms with E-state index in [-0.39, 0.29) is 0 Å². The Morgan fingerprint density at radius 3 is 3.00 bits per heavy atom. The molecule has 0 saturated heterocycles. The van der Waals surface area contributed by atoms with Crippen molar-refractivity contribution in [2.45, 2.75) is 6.92 Å². The lowest BCUT2D eigenvalue weighted by molar-refractivity contribution is 1.15. The van der Waals surface area contributed by atoms with E-state index in [0.29, 0.717) is 5.65 Å². The molecule has 2 heterocycles. The van der Waals surface area contributed by atoms with Gasteiger partial charge >= 0.3 is 0 Å². The van der Waals surface area contributed by atoms with Crippen molar-refractivity contribution >= 4 is 33.8 Å². The first kappa shape index (κ1) is 7.85. The van der Waals surface area contributed by atoms with E-state index in [2.05, 4.69) is 37.5 Å². The highest BCUT2D eigenvalue weighted by Crippen LogP contribution is 2.13. The Labute approximate surface area is 83.4 Å². The number of hydrogen-bond donors (Lipinski definition) is 0. The van der Waals surface area contributed by atoms with Crippen LogP contribution in [0.5, 0.6) is 0 Å². The van der Waals surface area contributed by atoms with Gasteiger partial charge in [0.05, 0.1) is 11.9 Å². The predicted octanol–water partition coefficient (Wildman–Crippen LogP) is 1.94. The quantitative estimate of drug-likeness (QED) is 0.687. The Morgan fingerprint density at radius 1 is 1.33 bits per heavy atom. The molecule has 60 valence electrons. The Morgan fingerprint density at radius 2 is 2.17 bits per heavy atom. The summed E-state index contributed by atoms with van der Waals surface area (Å²) < 4.78 is 1.09. The molecule has 0 amide bonds. The van der Waals surface area contributed by atoms with Crippen molar-refractivity contribution < 1.29 is 0 Å². The van der Waals surface area contributed by atoms with Crippen molar-refractivity contribution in [2.24, 2.45) is 0 Å². The number of aryl methyl sites for hydroxylation is 1. The van der Waals surface area contributed by atoms with Gasteiger partial charge in [0.25, 0.3) is 0 Å². The van der Waals surface area contributed by atoms with Gasteiger partial charge in [-0.1, -0.05) is 0 Å². The zero-order valence-electron chi connectivity index (χ0n) is 6.45. The molecule has 2 rings (SSSR count). The normalized spacial score (nSPS) is 10.5. The van der Waals surface area contributed by atoms with Crippen LogP contribution in [0.2, 0.25) is 0 Å². The van der Waals surface area contributed by atoms with E-state index in [0.717, 1.165) is 14.8 Å². The molecule has 2 aromatic rings. The largest absolute Gasteiger partial charge is 0.247 e. The van der Waals surface area contributed by atoms with Crippen LogP contribution in [-0.4, -0.2) is 15.0 Å². The molecular weight excluding hydrogens is 265 g/mol. The smallest absolute Gasteiger partial charge is 0.179 e.